The highest BCUT2D eigenvalue weighted by Crippen LogP contribution is 2.26. The van der Waals surface area contributed by atoms with Crippen LogP contribution < -0.4 is 4.80 Å². The van der Waals surface area contributed by atoms with E-state index in [4.69, 9.17) is 11.2 Å². The number of nitrogens with zero attached hydrogens (tertiary/aromatic N) is 2. The number of benzene rings is 3. The summed E-state index contributed by atoms with van der Waals surface area (Å²) in [6.07, 6.45) is 5.60. The first-order valence-electron chi connectivity index (χ1n) is 10.5. The molecule has 4 rings (SSSR count). The number of carbonyl (C=O) groups excluding carboxylic acids is 2. The maximum Gasteiger partial charge on any atom is 0.338 e. The number of thiazole rings is 1. The van der Waals surface area contributed by atoms with Crippen molar-refractivity contribution in [2.45, 2.75) is 19.4 Å². The van der Waals surface area contributed by atoms with E-state index in [0.717, 1.165) is 21.3 Å². The van der Waals surface area contributed by atoms with Gasteiger partial charge in [0.1, 0.15) is 0 Å². The van der Waals surface area contributed by atoms with Crippen molar-refractivity contribution in [3.63, 3.8) is 0 Å². The minimum absolute atomic E-state index is 0.256. The molecule has 0 atom stereocenters. The fraction of sp³-hybridized carbons (Fsp3) is 0.148. The van der Waals surface area contributed by atoms with E-state index in [2.05, 4.69) is 10.9 Å². The van der Waals surface area contributed by atoms with Crippen LogP contribution in [0.1, 0.15) is 34.3 Å². The lowest BCUT2D eigenvalue weighted by Crippen LogP contribution is -2.20. The van der Waals surface area contributed by atoms with Crippen LogP contribution in [0.25, 0.3) is 10.2 Å². The summed E-state index contributed by atoms with van der Waals surface area (Å²) in [5, 5.41) is 0. The topological polar surface area (TPSA) is 60.7 Å². The highest BCUT2D eigenvalue weighted by Gasteiger charge is 2.23. The maximum absolute atomic E-state index is 13.5. The van der Waals surface area contributed by atoms with Gasteiger partial charge in [-0.25, -0.2) is 4.79 Å². The molecule has 1 aromatic heterocycles. The molecule has 0 fully saturated rings. The minimum Gasteiger partial charge on any atom is -0.462 e. The lowest BCUT2D eigenvalue weighted by atomic mass is 9.91. The Labute approximate surface area is 196 Å². The number of amides is 1. The maximum atomic E-state index is 13.5. The first kappa shape index (κ1) is 22.3. The van der Waals surface area contributed by atoms with Gasteiger partial charge in [0.15, 0.2) is 4.80 Å². The van der Waals surface area contributed by atoms with Gasteiger partial charge in [0.2, 0.25) is 0 Å². The van der Waals surface area contributed by atoms with Crippen molar-refractivity contribution in [1.29, 1.82) is 0 Å². The van der Waals surface area contributed by atoms with Gasteiger partial charge >= 0.3 is 5.97 Å². The molecule has 1 heterocycles. The number of hydrogen-bond donors (Lipinski definition) is 0. The van der Waals surface area contributed by atoms with E-state index in [1.54, 1.807) is 19.1 Å². The third kappa shape index (κ3) is 4.79. The molecule has 0 N–H and O–H groups in total. The summed E-state index contributed by atoms with van der Waals surface area (Å²) in [5.41, 5.74) is 3.00. The fourth-order valence-electron chi connectivity index (χ4n) is 3.67. The molecule has 33 heavy (non-hydrogen) atoms. The van der Waals surface area contributed by atoms with Crippen LogP contribution in [0.5, 0.6) is 0 Å². The molecule has 6 heteroatoms. The monoisotopic (exact) mass is 454 g/mol. The molecule has 3 aromatic carbocycles. The van der Waals surface area contributed by atoms with Gasteiger partial charge < -0.3 is 9.30 Å². The molecular formula is C27H22N2O3S. The molecule has 1 amide bonds. The van der Waals surface area contributed by atoms with Gasteiger partial charge in [-0.2, -0.15) is 4.99 Å². The average molecular weight is 455 g/mol. The van der Waals surface area contributed by atoms with Crippen molar-refractivity contribution in [1.82, 2.24) is 4.57 Å². The van der Waals surface area contributed by atoms with Gasteiger partial charge in [0.25, 0.3) is 5.91 Å². The Hall–Kier alpha value is -3.95. The fourth-order valence-corrected chi connectivity index (χ4v) is 4.75. The van der Waals surface area contributed by atoms with Gasteiger partial charge in [0.05, 0.1) is 34.8 Å². The third-order valence-electron chi connectivity index (χ3n) is 5.16. The summed E-state index contributed by atoms with van der Waals surface area (Å²) in [6.45, 7) is 2.32. The first-order chi connectivity index (χ1) is 16.1. The summed E-state index contributed by atoms with van der Waals surface area (Å²) < 4.78 is 7.73. The lowest BCUT2D eigenvalue weighted by Gasteiger charge is -2.14. The predicted octanol–water partition coefficient (Wildman–Crippen LogP) is 4.77. The Balaban J connectivity index is 1.83. The van der Waals surface area contributed by atoms with Crippen molar-refractivity contribution < 1.29 is 14.3 Å². The Morgan fingerprint density at radius 3 is 2.24 bits per heavy atom. The van der Waals surface area contributed by atoms with Gasteiger partial charge in [0, 0.05) is 0 Å². The number of fused-ring (bicyclic) bond motifs is 1. The van der Waals surface area contributed by atoms with Gasteiger partial charge in [-0.3, -0.25) is 4.79 Å². The Bertz CT molecular complexity index is 1360. The van der Waals surface area contributed by atoms with E-state index < -0.39 is 5.92 Å². The summed E-state index contributed by atoms with van der Waals surface area (Å²) >= 11 is 1.32. The Morgan fingerprint density at radius 1 is 1.03 bits per heavy atom. The molecule has 0 radical (unpaired) electrons. The summed E-state index contributed by atoms with van der Waals surface area (Å²) in [4.78, 5) is 30.7. The van der Waals surface area contributed by atoms with Gasteiger partial charge in [-0.05, 0) is 36.2 Å². The second-order valence-corrected chi connectivity index (χ2v) is 8.29. The quantitative estimate of drug-likeness (QED) is 0.311. The van der Waals surface area contributed by atoms with Crippen LogP contribution in [0.3, 0.4) is 0 Å². The number of rotatable bonds is 6. The zero-order valence-electron chi connectivity index (χ0n) is 18.1. The number of aromatic nitrogens is 1. The zero-order chi connectivity index (χ0) is 23.2. The molecule has 0 unspecified atom stereocenters. The smallest absolute Gasteiger partial charge is 0.338 e. The summed E-state index contributed by atoms with van der Waals surface area (Å²) in [5.74, 6) is 1.43. The van der Waals surface area contributed by atoms with E-state index in [9.17, 15) is 9.59 Å². The average Bonchev–Trinajstić information content (AvgIpc) is 3.17. The standard InChI is InChI=1S/C27H22N2O3S/c1-3-17-29-22-16-15-21(26(31)32-4-2)18-23(22)33-27(29)28-25(30)24(19-11-7-5-8-12-19)20-13-9-6-10-14-20/h1,5-16,18,24H,4,17H2,2H3. The second kappa shape index (κ2) is 10.1. The first-order valence-corrected chi connectivity index (χ1v) is 11.4. The molecule has 5 nitrogen and oxygen atoms in total. The van der Waals surface area contributed by atoms with Crippen molar-refractivity contribution in [2.75, 3.05) is 6.61 Å². The molecule has 164 valence electrons. The summed E-state index contributed by atoms with van der Waals surface area (Å²) in [7, 11) is 0. The van der Waals surface area contributed by atoms with Crippen molar-refractivity contribution >= 4 is 33.4 Å². The van der Waals surface area contributed by atoms with Crippen LogP contribution >= 0.6 is 11.3 Å². The van der Waals surface area contributed by atoms with Crippen LogP contribution in [0.2, 0.25) is 0 Å². The van der Waals surface area contributed by atoms with E-state index in [1.807, 2.05) is 71.3 Å². The van der Waals surface area contributed by atoms with E-state index in [1.165, 1.54) is 11.3 Å². The molecule has 0 spiro atoms. The highest BCUT2D eigenvalue weighted by molar-refractivity contribution is 7.16. The van der Waals surface area contributed by atoms with Crippen molar-refractivity contribution in [2.24, 2.45) is 4.99 Å². The molecule has 0 saturated carbocycles. The number of terminal acetylenes is 1. The van der Waals surface area contributed by atoms with Crippen molar-refractivity contribution in [3.8, 4) is 12.3 Å². The van der Waals surface area contributed by atoms with Crippen LogP contribution in [0.15, 0.2) is 83.9 Å². The van der Waals surface area contributed by atoms with Gasteiger partial charge in [-0.15, -0.1) is 6.42 Å². The predicted molar refractivity (Wildman–Crippen MR) is 130 cm³/mol. The Kier molecular flexibility index (Phi) is 6.82. The second-order valence-electron chi connectivity index (χ2n) is 7.28. The van der Waals surface area contributed by atoms with E-state index in [-0.39, 0.29) is 18.4 Å². The SMILES string of the molecule is C#CCn1c(=NC(=O)C(c2ccccc2)c2ccccc2)sc2cc(C(=O)OCC)ccc21. The molecule has 0 saturated heterocycles. The highest BCUT2D eigenvalue weighted by atomic mass is 32.1. The van der Waals surface area contributed by atoms with E-state index in [0.29, 0.717) is 17.0 Å². The molecule has 4 aromatic rings. The third-order valence-corrected chi connectivity index (χ3v) is 6.20. The summed E-state index contributed by atoms with van der Waals surface area (Å²) in [6, 6.07) is 24.4. The molecular weight excluding hydrogens is 432 g/mol. The van der Waals surface area contributed by atoms with Gasteiger partial charge in [-0.1, -0.05) is 77.9 Å². The molecule has 0 aliphatic rings. The van der Waals surface area contributed by atoms with Crippen molar-refractivity contribution in [3.05, 3.63) is 100 Å². The number of carbonyl (C=O) groups is 2. The lowest BCUT2D eigenvalue weighted by molar-refractivity contribution is -0.118. The minimum atomic E-state index is -0.535. The molecule has 0 aliphatic heterocycles. The number of ether oxygens (including phenoxy) is 1. The number of hydrogen-bond acceptors (Lipinski definition) is 4. The van der Waals surface area contributed by atoms with Crippen LogP contribution in [0, 0.1) is 12.3 Å². The van der Waals surface area contributed by atoms with Crippen LogP contribution in [0.4, 0.5) is 0 Å². The van der Waals surface area contributed by atoms with Crippen LogP contribution in [-0.4, -0.2) is 23.1 Å². The Morgan fingerprint density at radius 2 is 1.67 bits per heavy atom. The largest absolute Gasteiger partial charge is 0.462 e. The van der Waals surface area contributed by atoms with E-state index >= 15 is 0 Å². The molecule has 0 bridgehead atoms. The number of esters is 1. The zero-order valence-corrected chi connectivity index (χ0v) is 18.9. The van der Waals surface area contributed by atoms with Crippen LogP contribution in [-0.2, 0) is 16.1 Å². The molecule has 0 aliphatic carbocycles. The normalized spacial score (nSPS) is 11.5.